The lowest BCUT2D eigenvalue weighted by molar-refractivity contribution is 0.0674. The van der Waals surface area contributed by atoms with Gasteiger partial charge in [0.15, 0.2) is 5.69 Å². The Balaban J connectivity index is 1.49. The monoisotopic (exact) mass is 566 g/mol. The van der Waals surface area contributed by atoms with E-state index in [1.165, 1.54) is 41.2 Å². The largest absolute Gasteiger partial charge is 0.337 e. The van der Waals surface area contributed by atoms with E-state index in [2.05, 4.69) is 15.4 Å². The first-order chi connectivity index (χ1) is 18.6. The van der Waals surface area contributed by atoms with Crippen molar-refractivity contribution in [1.29, 1.82) is 0 Å². The predicted octanol–water partition coefficient (Wildman–Crippen LogP) is 5.59. The minimum absolute atomic E-state index is 0.00876. The number of likely N-dealkylation sites (tertiary alicyclic amines) is 1. The summed E-state index contributed by atoms with van der Waals surface area (Å²) in [5.41, 5.74) is 6.98. The van der Waals surface area contributed by atoms with E-state index < -0.39 is 11.7 Å². The molecule has 2 amide bonds. The second kappa shape index (κ2) is 10.8. The number of benzene rings is 2. The highest BCUT2D eigenvalue weighted by molar-refractivity contribution is 6.38. The quantitative estimate of drug-likeness (QED) is 0.327. The summed E-state index contributed by atoms with van der Waals surface area (Å²) in [6, 6.07) is 16.1. The standard InChI is InChI=1S/C28H25Cl2FN6O2/c1-28(32)9-12-36(13-10-28)27(39)23-16-24(37(35-23)17-6-3-2-4-7-17)34-26(38)19-14-18(20(29)15-21(19)30)25-22(31)8-5-11-33-25/h2-8,11,14-16H,9-10,12-13,32H2,1H3,(H,34,38). The van der Waals surface area contributed by atoms with Crippen molar-refractivity contribution in [2.24, 2.45) is 5.73 Å². The molecule has 0 saturated carbocycles. The number of rotatable bonds is 5. The molecule has 2 aromatic carbocycles. The second-order valence-corrected chi connectivity index (χ2v) is 10.5. The van der Waals surface area contributed by atoms with Gasteiger partial charge in [0.25, 0.3) is 11.8 Å². The number of nitrogens with two attached hydrogens (primary N) is 1. The highest BCUT2D eigenvalue weighted by atomic mass is 35.5. The van der Waals surface area contributed by atoms with Crippen molar-refractivity contribution in [2.45, 2.75) is 25.3 Å². The Hall–Kier alpha value is -3.79. The third-order valence-electron chi connectivity index (χ3n) is 6.68. The van der Waals surface area contributed by atoms with Crippen molar-refractivity contribution in [2.75, 3.05) is 18.4 Å². The minimum Gasteiger partial charge on any atom is -0.337 e. The molecule has 2 aromatic heterocycles. The molecule has 8 nitrogen and oxygen atoms in total. The number of hydrogen-bond acceptors (Lipinski definition) is 5. The molecule has 1 aliphatic heterocycles. The number of hydrogen-bond donors (Lipinski definition) is 2. The number of nitrogens with one attached hydrogen (secondary N) is 1. The molecule has 0 unspecified atom stereocenters. The van der Waals surface area contributed by atoms with Crippen molar-refractivity contribution in [3.05, 3.63) is 94.0 Å². The Labute approximate surface area is 234 Å². The summed E-state index contributed by atoms with van der Waals surface area (Å²) in [6.45, 7) is 3.00. The number of halogens is 3. The van der Waals surface area contributed by atoms with Crippen molar-refractivity contribution in [3.63, 3.8) is 0 Å². The number of aromatic nitrogens is 3. The molecule has 3 heterocycles. The molecule has 0 atom stereocenters. The van der Waals surface area contributed by atoms with E-state index in [9.17, 15) is 14.0 Å². The molecular weight excluding hydrogens is 542 g/mol. The van der Waals surface area contributed by atoms with Gasteiger partial charge in [0.1, 0.15) is 17.3 Å². The van der Waals surface area contributed by atoms with Crippen molar-refractivity contribution >= 4 is 40.8 Å². The maximum Gasteiger partial charge on any atom is 0.274 e. The Morgan fingerprint density at radius 2 is 1.74 bits per heavy atom. The molecule has 0 aliphatic carbocycles. The molecule has 200 valence electrons. The molecule has 0 bridgehead atoms. The van der Waals surface area contributed by atoms with Gasteiger partial charge in [-0.05, 0) is 56.2 Å². The molecule has 1 fully saturated rings. The Morgan fingerprint density at radius 3 is 2.44 bits per heavy atom. The smallest absolute Gasteiger partial charge is 0.274 e. The van der Waals surface area contributed by atoms with Crippen LogP contribution in [0.4, 0.5) is 10.2 Å². The van der Waals surface area contributed by atoms with Gasteiger partial charge in [0, 0.05) is 36.5 Å². The van der Waals surface area contributed by atoms with Crippen LogP contribution in [0.15, 0.2) is 66.9 Å². The summed E-state index contributed by atoms with van der Waals surface area (Å²) in [7, 11) is 0. The lowest BCUT2D eigenvalue weighted by Gasteiger charge is -2.36. The van der Waals surface area contributed by atoms with Crippen LogP contribution in [0.3, 0.4) is 0 Å². The summed E-state index contributed by atoms with van der Waals surface area (Å²) in [5.74, 6) is -1.19. The average Bonchev–Trinajstić information content (AvgIpc) is 3.33. The molecular formula is C28H25Cl2FN6O2. The first-order valence-corrected chi connectivity index (χ1v) is 13.0. The molecule has 0 spiro atoms. The van der Waals surface area contributed by atoms with Crippen LogP contribution in [0.2, 0.25) is 10.0 Å². The van der Waals surface area contributed by atoms with Gasteiger partial charge in [-0.25, -0.2) is 9.07 Å². The molecule has 4 aromatic rings. The molecule has 5 rings (SSSR count). The Bertz CT molecular complexity index is 1550. The third kappa shape index (κ3) is 5.66. The topological polar surface area (TPSA) is 106 Å². The van der Waals surface area contributed by atoms with E-state index in [4.69, 9.17) is 28.9 Å². The van der Waals surface area contributed by atoms with Gasteiger partial charge in [-0.15, -0.1) is 0 Å². The number of pyridine rings is 1. The van der Waals surface area contributed by atoms with Gasteiger partial charge in [-0.3, -0.25) is 14.6 Å². The summed E-state index contributed by atoms with van der Waals surface area (Å²) >= 11 is 12.7. The first-order valence-electron chi connectivity index (χ1n) is 12.3. The zero-order valence-corrected chi connectivity index (χ0v) is 22.5. The van der Waals surface area contributed by atoms with Crippen LogP contribution in [0.1, 0.15) is 40.6 Å². The van der Waals surface area contributed by atoms with Crippen LogP contribution < -0.4 is 11.1 Å². The van der Waals surface area contributed by atoms with Gasteiger partial charge in [0.2, 0.25) is 0 Å². The normalized spacial score (nSPS) is 14.7. The molecule has 1 saturated heterocycles. The van der Waals surface area contributed by atoms with E-state index in [0.717, 1.165) is 0 Å². The van der Waals surface area contributed by atoms with Crippen LogP contribution in [0.5, 0.6) is 0 Å². The van der Waals surface area contributed by atoms with Crippen molar-refractivity contribution < 1.29 is 14.0 Å². The Morgan fingerprint density at radius 1 is 1.03 bits per heavy atom. The number of carbonyl (C=O) groups is 2. The van der Waals surface area contributed by atoms with Gasteiger partial charge in [-0.2, -0.15) is 5.10 Å². The van der Waals surface area contributed by atoms with E-state index >= 15 is 0 Å². The van der Waals surface area contributed by atoms with Gasteiger partial charge < -0.3 is 16.0 Å². The van der Waals surface area contributed by atoms with E-state index in [1.54, 1.807) is 17.0 Å². The fourth-order valence-corrected chi connectivity index (χ4v) is 4.95. The number of anilines is 1. The summed E-state index contributed by atoms with van der Waals surface area (Å²) in [5, 5.41) is 7.53. The Kier molecular flexibility index (Phi) is 7.40. The average molecular weight is 567 g/mol. The van der Waals surface area contributed by atoms with Crippen LogP contribution in [-0.4, -0.2) is 50.1 Å². The van der Waals surface area contributed by atoms with Gasteiger partial charge >= 0.3 is 0 Å². The molecule has 3 N–H and O–H groups in total. The number of piperidine rings is 1. The third-order valence-corrected chi connectivity index (χ3v) is 7.30. The van der Waals surface area contributed by atoms with Crippen LogP contribution in [-0.2, 0) is 0 Å². The van der Waals surface area contributed by atoms with Crippen LogP contribution in [0, 0.1) is 5.82 Å². The summed E-state index contributed by atoms with van der Waals surface area (Å²) < 4.78 is 15.9. The lowest BCUT2D eigenvalue weighted by Crippen LogP contribution is -2.49. The zero-order valence-electron chi connectivity index (χ0n) is 21.0. The minimum atomic E-state index is -0.595. The van der Waals surface area contributed by atoms with Crippen molar-refractivity contribution in [1.82, 2.24) is 19.7 Å². The fraction of sp³-hybridized carbons (Fsp3) is 0.214. The van der Waals surface area contributed by atoms with E-state index in [0.29, 0.717) is 31.6 Å². The predicted molar refractivity (Wildman–Crippen MR) is 149 cm³/mol. The van der Waals surface area contributed by atoms with Gasteiger partial charge in [-0.1, -0.05) is 41.4 Å². The molecule has 0 radical (unpaired) electrons. The van der Waals surface area contributed by atoms with E-state index in [1.807, 2.05) is 25.1 Å². The number of nitrogens with zero attached hydrogens (tertiary/aromatic N) is 4. The maximum absolute atomic E-state index is 14.4. The SMILES string of the molecule is CC1(N)CCN(C(=O)c2cc(NC(=O)c3cc(-c4ncccc4F)c(Cl)cc3Cl)n(-c3ccccc3)n2)CC1. The maximum atomic E-state index is 14.4. The van der Waals surface area contributed by atoms with Crippen LogP contribution >= 0.6 is 23.2 Å². The van der Waals surface area contributed by atoms with Crippen molar-refractivity contribution in [3.8, 4) is 16.9 Å². The number of para-hydroxylation sites is 1. The molecule has 11 heteroatoms. The first kappa shape index (κ1) is 26.8. The number of carbonyl (C=O) groups excluding carboxylic acids is 2. The van der Waals surface area contributed by atoms with Crippen LogP contribution in [0.25, 0.3) is 16.9 Å². The zero-order chi connectivity index (χ0) is 27.7. The number of amides is 2. The highest BCUT2D eigenvalue weighted by Crippen LogP contribution is 2.34. The molecule has 39 heavy (non-hydrogen) atoms. The van der Waals surface area contributed by atoms with E-state index in [-0.39, 0.29) is 49.8 Å². The summed E-state index contributed by atoms with van der Waals surface area (Å²) in [6.07, 6.45) is 2.78. The summed E-state index contributed by atoms with van der Waals surface area (Å²) in [4.78, 5) is 32.5. The second-order valence-electron chi connectivity index (χ2n) is 9.71. The lowest BCUT2D eigenvalue weighted by atomic mass is 9.91. The molecule has 1 aliphatic rings. The highest BCUT2D eigenvalue weighted by Gasteiger charge is 2.30. The fourth-order valence-electron chi connectivity index (χ4n) is 4.40. The van der Waals surface area contributed by atoms with Gasteiger partial charge in [0.05, 0.1) is 21.3 Å².